The van der Waals surface area contributed by atoms with E-state index in [1.165, 1.54) is 29.4 Å². The maximum atomic E-state index is 12.9. The van der Waals surface area contributed by atoms with Gasteiger partial charge < -0.3 is 14.4 Å². The molecule has 0 spiro atoms. The Morgan fingerprint density at radius 2 is 1.87 bits per heavy atom. The Bertz CT molecular complexity index is 1200. The number of nitro groups is 1. The number of halogens is 1. The monoisotopic (exact) mass is 438 g/mol. The second-order valence-electron chi connectivity index (χ2n) is 6.87. The molecule has 1 fully saturated rings. The van der Waals surface area contributed by atoms with Crippen LogP contribution in [0.5, 0.6) is 0 Å². The number of rotatable bonds is 5. The highest BCUT2D eigenvalue weighted by molar-refractivity contribution is 6.46. The summed E-state index contributed by atoms with van der Waals surface area (Å²) in [5, 5.41) is 22.5. The van der Waals surface area contributed by atoms with E-state index in [9.17, 15) is 24.8 Å². The van der Waals surface area contributed by atoms with E-state index in [-0.39, 0.29) is 23.4 Å². The number of non-ortho nitro benzene ring substituents is 1. The predicted molar refractivity (Wildman–Crippen MR) is 111 cm³/mol. The first kappa shape index (κ1) is 20.4. The highest BCUT2D eigenvalue weighted by Crippen LogP contribution is 2.40. The van der Waals surface area contributed by atoms with Crippen molar-refractivity contribution in [2.24, 2.45) is 0 Å². The van der Waals surface area contributed by atoms with Crippen LogP contribution in [0.3, 0.4) is 0 Å². The molecule has 0 aliphatic carbocycles. The molecule has 0 unspecified atom stereocenters. The van der Waals surface area contributed by atoms with Gasteiger partial charge in [-0.05, 0) is 29.8 Å². The first-order chi connectivity index (χ1) is 14.9. The van der Waals surface area contributed by atoms with Crippen LogP contribution in [-0.4, -0.2) is 26.6 Å². The summed E-state index contributed by atoms with van der Waals surface area (Å²) >= 11 is 5.98. The summed E-state index contributed by atoms with van der Waals surface area (Å²) in [6, 6.07) is 14.1. The van der Waals surface area contributed by atoms with E-state index in [0.717, 1.165) is 6.07 Å². The number of carbonyl (C=O) groups is 2. The lowest BCUT2D eigenvalue weighted by Crippen LogP contribution is -2.29. The standard InChI is InChI=1S/C22H15ClN2O6/c23-15-8-6-13(7-9-15)19-18(20(26)14-3-1-4-16(11-14)25(29)30)21(27)22(28)24(19)12-17-5-2-10-31-17/h1-11,19,26H,12H2/t19-/m0/s1. The lowest BCUT2D eigenvalue weighted by atomic mass is 9.95. The van der Waals surface area contributed by atoms with Gasteiger partial charge in [0.25, 0.3) is 17.4 Å². The van der Waals surface area contributed by atoms with Crippen molar-refractivity contribution in [1.29, 1.82) is 0 Å². The molecule has 8 nitrogen and oxygen atoms in total. The summed E-state index contributed by atoms with van der Waals surface area (Å²) in [6.45, 7) is -0.00339. The number of nitro benzene ring substituents is 1. The van der Waals surface area contributed by atoms with Gasteiger partial charge in [0.2, 0.25) is 0 Å². The average molecular weight is 439 g/mol. The number of aliphatic hydroxyl groups excluding tert-OH is 1. The molecule has 0 bridgehead atoms. The lowest BCUT2D eigenvalue weighted by molar-refractivity contribution is -0.384. The second kappa shape index (κ2) is 8.08. The Kier molecular flexibility index (Phi) is 5.31. The van der Waals surface area contributed by atoms with E-state index >= 15 is 0 Å². The highest BCUT2D eigenvalue weighted by atomic mass is 35.5. The Morgan fingerprint density at radius 3 is 2.52 bits per heavy atom. The number of hydrogen-bond acceptors (Lipinski definition) is 6. The van der Waals surface area contributed by atoms with E-state index in [1.807, 2.05) is 0 Å². The maximum Gasteiger partial charge on any atom is 0.296 e. The minimum Gasteiger partial charge on any atom is -0.507 e. The Morgan fingerprint density at radius 1 is 1.13 bits per heavy atom. The molecule has 2 aromatic carbocycles. The molecule has 1 N–H and O–H groups in total. The molecule has 1 atom stereocenters. The third-order valence-corrected chi connectivity index (χ3v) is 5.21. The van der Waals surface area contributed by atoms with Crippen LogP contribution in [0.4, 0.5) is 5.69 Å². The first-order valence-corrected chi connectivity index (χ1v) is 9.55. The van der Waals surface area contributed by atoms with Gasteiger partial charge in [0, 0.05) is 22.7 Å². The number of Topliss-reactive ketones (excluding diaryl/α,β-unsaturated/α-hetero) is 1. The molecule has 0 saturated carbocycles. The Balaban J connectivity index is 1.87. The van der Waals surface area contributed by atoms with Gasteiger partial charge in [0.05, 0.1) is 29.3 Å². The van der Waals surface area contributed by atoms with Gasteiger partial charge in [-0.15, -0.1) is 0 Å². The van der Waals surface area contributed by atoms with Crippen molar-refractivity contribution in [2.45, 2.75) is 12.6 Å². The quantitative estimate of drug-likeness (QED) is 0.207. The number of ketones is 1. The SMILES string of the molecule is O=C1C(=O)N(Cc2ccco2)[C@@H](c2ccc(Cl)cc2)C1=C(O)c1cccc([N+](=O)[O-])c1. The summed E-state index contributed by atoms with van der Waals surface area (Å²) in [4.78, 5) is 37.6. The molecule has 1 amide bonds. The number of hydrogen-bond donors (Lipinski definition) is 1. The van der Waals surface area contributed by atoms with Crippen LogP contribution < -0.4 is 0 Å². The number of aliphatic hydroxyl groups is 1. The lowest BCUT2D eigenvalue weighted by Gasteiger charge is -2.24. The van der Waals surface area contributed by atoms with Crippen LogP contribution in [0.25, 0.3) is 5.76 Å². The summed E-state index contributed by atoms with van der Waals surface area (Å²) in [7, 11) is 0. The smallest absolute Gasteiger partial charge is 0.296 e. The molecule has 9 heteroatoms. The molecule has 3 aromatic rings. The molecule has 4 rings (SSSR count). The summed E-state index contributed by atoms with van der Waals surface area (Å²) in [5.41, 5.74) is 0.183. The van der Waals surface area contributed by atoms with Crippen molar-refractivity contribution < 1.29 is 24.0 Å². The first-order valence-electron chi connectivity index (χ1n) is 9.18. The van der Waals surface area contributed by atoms with E-state index in [1.54, 1.807) is 36.4 Å². The zero-order valence-corrected chi connectivity index (χ0v) is 16.7. The third-order valence-electron chi connectivity index (χ3n) is 4.96. The van der Waals surface area contributed by atoms with Gasteiger partial charge in [-0.2, -0.15) is 0 Å². The van der Waals surface area contributed by atoms with Crippen molar-refractivity contribution in [1.82, 2.24) is 4.90 Å². The van der Waals surface area contributed by atoms with Gasteiger partial charge in [-0.25, -0.2) is 0 Å². The molecule has 31 heavy (non-hydrogen) atoms. The summed E-state index contributed by atoms with van der Waals surface area (Å²) in [6.07, 6.45) is 1.45. The number of furan rings is 1. The van der Waals surface area contributed by atoms with Crippen molar-refractivity contribution in [2.75, 3.05) is 0 Å². The van der Waals surface area contributed by atoms with Crippen molar-refractivity contribution >= 4 is 34.7 Å². The van der Waals surface area contributed by atoms with Gasteiger partial charge in [-0.3, -0.25) is 19.7 Å². The number of nitrogens with zero attached hydrogens (tertiary/aromatic N) is 2. The number of carbonyl (C=O) groups excluding carboxylic acids is 2. The van der Waals surface area contributed by atoms with Gasteiger partial charge in [0.1, 0.15) is 11.5 Å². The molecule has 1 aliphatic rings. The zero-order valence-electron chi connectivity index (χ0n) is 15.9. The number of benzene rings is 2. The molecule has 2 heterocycles. The number of likely N-dealkylation sites (tertiary alicyclic amines) is 1. The topological polar surface area (TPSA) is 114 Å². The normalized spacial score (nSPS) is 17.8. The Labute approximate surface area is 181 Å². The predicted octanol–water partition coefficient (Wildman–Crippen LogP) is 4.46. The molecule has 1 aliphatic heterocycles. The van der Waals surface area contributed by atoms with Gasteiger partial charge in [0.15, 0.2) is 0 Å². The van der Waals surface area contributed by atoms with Crippen molar-refractivity contribution in [3.63, 3.8) is 0 Å². The minimum atomic E-state index is -0.929. The van der Waals surface area contributed by atoms with Gasteiger partial charge in [-0.1, -0.05) is 35.9 Å². The van der Waals surface area contributed by atoms with E-state index in [4.69, 9.17) is 16.0 Å². The van der Waals surface area contributed by atoms with Crippen LogP contribution in [0.2, 0.25) is 5.02 Å². The van der Waals surface area contributed by atoms with E-state index in [0.29, 0.717) is 16.3 Å². The average Bonchev–Trinajstić information content (AvgIpc) is 3.36. The van der Waals surface area contributed by atoms with Crippen molar-refractivity contribution in [3.8, 4) is 0 Å². The molecule has 0 radical (unpaired) electrons. The molecule has 1 aromatic heterocycles. The van der Waals surface area contributed by atoms with E-state index < -0.39 is 28.4 Å². The van der Waals surface area contributed by atoms with E-state index in [2.05, 4.69) is 0 Å². The third kappa shape index (κ3) is 3.80. The minimum absolute atomic E-state index is 0.00339. The van der Waals surface area contributed by atoms with Crippen LogP contribution in [0, 0.1) is 10.1 Å². The van der Waals surface area contributed by atoms with Crippen LogP contribution in [0.1, 0.15) is 22.9 Å². The number of amides is 1. The fourth-order valence-corrected chi connectivity index (χ4v) is 3.65. The maximum absolute atomic E-state index is 12.9. The molecular formula is C22H15ClN2O6. The van der Waals surface area contributed by atoms with Crippen molar-refractivity contribution in [3.05, 3.63) is 105 Å². The van der Waals surface area contributed by atoms with Crippen LogP contribution in [-0.2, 0) is 16.1 Å². The molecular weight excluding hydrogens is 424 g/mol. The Hall–Kier alpha value is -3.91. The second-order valence-corrected chi connectivity index (χ2v) is 7.30. The zero-order chi connectivity index (χ0) is 22.1. The largest absolute Gasteiger partial charge is 0.507 e. The highest BCUT2D eigenvalue weighted by Gasteiger charge is 2.46. The fraction of sp³-hybridized carbons (Fsp3) is 0.0909. The fourth-order valence-electron chi connectivity index (χ4n) is 3.53. The summed E-state index contributed by atoms with van der Waals surface area (Å²) in [5.74, 6) is -1.75. The van der Waals surface area contributed by atoms with Crippen LogP contribution >= 0.6 is 11.6 Å². The van der Waals surface area contributed by atoms with Gasteiger partial charge >= 0.3 is 0 Å². The molecule has 156 valence electrons. The molecule has 1 saturated heterocycles. The van der Waals surface area contributed by atoms with Crippen LogP contribution in [0.15, 0.2) is 76.9 Å². The summed E-state index contributed by atoms with van der Waals surface area (Å²) < 4.78 is 5.32.